The normalized spacial score (nSPS) is 16.4. The Balaban J connectivity index is 1.87. The molecule has 1 aliphatic heterocycles. The lowest BCUT2D eigenvalue weighted by Gasteiger charge is -2.36. The van der Waals surface area contributed by atoms with Crippen LogP contribution < -0.4 is 9.04 Å². The minimum absolute atomic E-state index is 0.0210. The van der Waals surface area contributed by atoms with Crippen LogP contribution in [-0.2, 0) is 21.0 Å². The number of fused-ring (bicyclic) bond motifs is 1. The lowest BCUT2D eigenvalue weighted by Crippen LogP contribution is -2.44. The molecule has 1 N–H and O–H groups in total. The first-order chi connectivity index (χ1) is 18.1. The Labute approximate surface area is 225 Å². The van der Waals surface area contributed by atoms with Crippen LogP contribution in [0.3, 0.4) is 0 Å². The van der Waals surface area contributed by atoms with Gasteiger partial charge in [-0.05, 0) is 55.3 Å². The van der Waals surface area contributed by atoms with Gasteiger partial charge in [0.2, 0.25) is 0 Å². The maximum atomic E-state index is 14.5. The number of sulfonamides is 1. The van der Waals surface area contributed by atoms with E-state index in [1.165, 1.54) is 32.0 Å². The summed E-state index contributed by atoms with van der Waals surface area (Å²) in [6, 6.07) is 8.10. The highest BCUT2D eigenvalue weighted by atomic mass is 35.5. The van der Waals surface area contributed by atoms with Crippen LogP contribution in [0.25, 0.3) is 11.1 Å². The third-order valence-corrected chi connectivity index (χ3v) is 8.52. The molecule has 0 aliphatic carbocycles. The monoisotopic (exact) mass is 589 g/mol. The topological polar surface area (TPSA) is 83.9 Å². The minimum Gasteiger partial charge on any atom is -0.486 e. The van der Waals surface area contributed by atoms with E-state index in [1.54, 1.807) is 0 Å². The van der Waals surface area contributed by atoms with Crippen LogP contribution in [-0.4, -0.2) is 32.1 Å². The van der Waals surface area contributed by atoms with Gasteiger partial charge >= 0.3 is 12.1 Å². The summed E-state index contributed by atoms with van der Waals surface area (Å²) < 4.78 is 103. The maximum absolute atomic E-state index is 14.5. The molecule has 6 nitrogen and oxygen atoms in total. The van der Waals surface area contributed by atoms with E-state index in [0.717, 1.165) is 28.6 Å². The SMILES string of the molecule is Cc1c(F)cc(-c2ccc3c(c2)N(S(=O)(=O)c2cccc(C(F)(F)F)c2)C[C@H](CC(C)C(=O)O)O3)c(Cl)c1F. The summed E-state index contributed by atoms with van der Waals surface area (Å²) in [7, 11) is -4.65. The molecule has 0 aromatic heterocycles. The molecule has 0 saturated carbocycles. The number of hydrogen-bond donors (Lipinski definition) is 1. The second-order valence-corrected chi connectivity index (χ2v) is 11.4. The van der Waals surface area contributed by atoms with Gasteiger partial charge in [0, 0.05) is 11.1 Å². The van der Waals surface area contributed by atoms with Crippen molar-refractivity contribution in [1.29, 1.82) is 0 Å². The summed E-state index contributed by atoms with van der Waals surface area (Å²) in [6.45, 7) is 2.16. The highest BCUT2D eigenvalue weighted by Gasteiger charge is 2.38. The molecule has 0 amide bonds. The minimum atomic E-state index is -4.81. The molecule has 1 heterocycles. The zero-order chi connectivity index (χ0) is 28.9. The molecular formula is C26H21ClF5NO5S. The zero-order valence-electron chi connectivity index (χ0n) is 20.4. The van der Waals surface area contributed by atoms with Gasteiger partial charge in [-0.2, -0.15) is 13.2 Å². The summed E-state index contributed by atoms with van der Waals surface area (Å²) in [6.07, 6.45) is -5.88. The number of hydrogen-bond acceptors (Lipinski definition) is 4. The van der Waals surface area contributed by atoms with Crippen LogP contribution in [0, 0.1) is 24.5 Å². The van der Waals surface area contributed by atoms with E-state index >= 15 is 0 Å². The molecule has 4 rings (SSSR count). The molecule has 39 heavy (non-hydrogen) atoms. The fourth-order valence-electron chi connectivity index (χ4n) is 4.18. The van der Waals surface area contributed by atoms with Gasteiger partial charge in [0.1, 0.15) is 23.5 Å². The van der Waals surface area contributed by atoms with Gasteiger partial charge in [-0.1, -0.05) is 30.7 Å². The van der Waals surface area contributed by atoms with Gasteiger partial charge in [-0.3, -0.25) is 9.10 Å². The van der Waals surface area contributed by atoms with Gasteiger partial charge in [-0.25, -0.2) is 17.2 Å². The van der Waals surface area contributed by atoms with E-state index in [2.05, 4.69) is 0 Å². The van der Waals surface area contributed by atoms with Crippen LogP contribution in [0.5, 0.6) is 5.75 Å². The molecule has 0 saturated heterocycles. The molecule has 0 radical (unpaired) electrons. The van der Waals surface area contributed by atoms with E-state index in [-0.39, 0.29) is 34.5 Å². The summed E-state index contributed by atoms with van der Waals surface area (Å²) in [5.74, 6) is -3.99. The number of benzene rings is 3. The molecule has 0 spiro atoms. The molecule has 13 heteroatoms. The summed E-state index contributed by atoms with van der Waals surface area (Å²) >= 11 is 6.11. The van der Waals surface area contributed by atoms with E-state index in [4.69, 9.17) is 16.3 Å². The highest BCUT2D eigenvalue weighted by Crippen LogP contribution is 2.43. The van der Waals surface area contributed by atoms with Crippen molar-refractivity contribution in [3.05, 3.63) is 76.3 Å². The van der Waals surface area contributed by atoms with Gasteiger partial charge in [0.15, 0.2) is 0 Å². The molecule has 3 aromatic carbocycles. The predicted molar refractivity (Wildman–Crippen MR) is 133 cm³/mol. The number of aliphatic carboxylic acids is 1. The van der Waals surface area contributed by atoms with Crippen molar-refractivity contribution in [1.82, 2.24) is 0 Å². The number of carboxylic acid groups (broad SMARTS) is 1. The van der Waals surface area contributed by atoms with Crippen molar-refractivity contribution in [3.8, 4) is 16.9 Å². The molecule has 2 atom stereocenters. The Bertz CT molecular complexity index is 1560. The van der Waals surface area contributed by atoms with E-state index in [1.807, 2.05) is 0 Å². The lowest BCUT2D eigenvalue weighted by atomic mass is 10.00. The third kappa shape index (κ3) is 5.53. The molecule has 1 aliphatic rings. The van der Waals surface area contributed by atoms with Gasteiger partial charge in [0.05, 0.1) is 33.6 Å². The number of halogens is 6. The first-order valence-corrected chi connectivity index (χ1v) is 13.3. The number of ether oxygens (including phenoxy) is 1. The van der Waals surface area contributed by atoms with Crippen molar-refractivity contribution >= 4 is 33.3 Å². The largest absolute Gasteiger partial charge is 0.486 e. The molecule has 3 aromatic rings. The Morgan fingerprint density at radius 1 is 1.18 bits per heavy atom. The Morgan fingerprint density at radius 3 is 2.51 bits per heavy atom. The number of nitrogens with zero attached hydrogens (tertiary/aromatic N) is 1. The fraction of sp³-hybridized carbons (Fsp3) is 0.269. The van der Waals surface area contributed by atoms with Crippen LogP contribution in [0.1, 0.15) is 24.5 Å². The van der Waals surface area contributed by atoms with Crippen molar-refractivity contribution in [3.63, 3.8) is 0 Å². The van der Waals surface area contributed by atoms with E-state index in [9.17, 15) is 40.3 Å². The van der Waals surface area contributed by atoms with Crippen LogP contribution in [0.4, 0.5) is 27.6 Å². The van der Waals surface area contributed by atoms with Crippen LogP contribution >= 0.6 is 11.6 Å². The standard InChI is InChI=1S/C26H21ClF5NO5S/c1-13(25(34)35)8-17-12-33(39(36,37)18-5-3-4-16(10-18)26(30,31)32)21-9-15(6-7-22(21)38-17)19-11-20(28)14(2)24(29)23(19)27/h3-7,9-11,13,17H,8,12H2,1-2H3,(H,34,35)/t13?,17-/m0/s1. The van der Waals surface area contributed by atoms with Gasteiger partial charge < -0.3 is 9.84 Å². The zero-order valence-corrected chi connectivity index (χ0v) is 22.0. The average Bonchev–Trinajstić information content (AvgIpc) is 2.88. The first kappa shape index (κ1) is 28.6. The number of rotatable bonds is 6. The summed E-state index contributed by atoms with van der Waals surface area (Å²) in [4.78, 5) is 10.7. The van der Waals surface area contributed by atoms with Crippen molar-refractivity contribution in [2.75, 3.05) is 10.8 Å². The third-order valence-electron chi connectivity index (χ3n) is 6.38. The summed E-state index contributed by atoms with van der Waals surface area (Å²) in [5, 5.41) is 8.89. The fourth-order valence-corrected chi connectivity index (χ4v) is 6.03. The van der Waals surface area contributed by atoms with Gasteiger partial charge in [-0.15, -0.1) is 0 Å². The number of carboxylic acids is 1. The lowest BCUT2D eigenvalue weighted by molar-refractivity contribution is -0.142. The van der Waals surface area contributed by atoms with Crippen LogP contribution in [0.2, 0.25) is 5.02 Å². The maximum Gasteiger partial charge on any atom is 0.416 e. The molecule has 0 fully saturated rings. The first-order valence-electron chi connectivity index (χ1n) is 11.5. The van der Waals surface area contributed by atoms with E-state index < -0.39 is 67.9 Å². The van der Waals surface area contributed by atoms with Crippen molar-refractivity contribution in [2.45, 2.75) is 37.4 Å². The molecule has 1 unspecified atom stereocenters. The predicted octanol–water partition coefficient (Wildman–Crippen LogP) is 6.68. The smallest absolute Gasteiger partial charge is 0.416 e. The van der Waals surface area contributed by atoms with Gasteiger partial charge in [0.25, 0.3) is 10.0 Å². The van der Waals surface area contributed by atoms with Crippen LogP contribution in [0.15, 0.2) is 53.4 Å². The second-order valence-electron chi connectivity index (χ2n) is 9.12. The molecular weight excluding hydrogens is 569 g/mol. The van der Waals surface area contributed by atoms with Crippen molar-refractivity contribution < 1.29 is 45.0 Å². The second kappa shape index (κ2) is 10.3. The number of carbonyl (C=O) groups is 1. The Kier molecular flexibility index (Phi) is 7.56. The van der Waals surface area contributed by atoms with E-state index in [0.29, 0.717) is 6.07 Å². The number of anilines is 1. The molecule has 208 valence electrons. The Hall–Kier alpha value is -3.38. The Morgan fingerprint density at radius 2 is 1.87 bits per heavy atom. The number of alkyl halides is 3. The summed E-state index contributed by atoms with van der Waals surface area (Å²) in [5.41, 5.74) is -1.59. The molecule has 0 bridgehead atoms. The average molecular weight is 590 g/mol. The van der Waals surface area contributed by atoms with Crippen molar-refractivity contribution in [2.24, 2.45) is 5.92 Å². The highest BCUT2D eigenvalue weighted by molar-refractivity contribution is 7.92. The quantitative estimate of drug-likeness (QED) is 0.256.